The Labute approximate surface area is 260 Å². The number of fused-ring (bicyclic) bond motifs is 9. The SMILES string of the molecule is c1ccc(C2c3ccccc3-c3cc(-c4ccc5c(c4)c4cc6c(cc4n5-c4ccccc4)oc4ccccc46)ccc32)cc1. The summed E-state index contributed by atoms with van der Waals surface area (Å²) in [5, 5.41) is 4.76. The van der Waals surface area contributed by atoms with Crippen LogP contribution in [0.4, 0.5) is 0 Å². The van der Waals surface area contributed by atoms with Gasteiger partial charge in [-0.2, -0.15) is 0 Å². The number of nitrogens with zero attached hydrogens (tertiary/aromatic N) is 1. The Morgan fingerprint density at radius 3 is 2.00 bits per heavy atom. The molecule has 1 atom stereocenters. The molecule has 9 aromatic rings. The lowest BCUT2D eigenvalue weighted by Crippen LogP contribution is -1.98. The van der Waals surface area contributed by atoms with Gasteiger partial charge in [0.2, 0.25) is 0 Å². The Morgan fingerprint density at radius 1 is 0.422 bits per heavy atom. The van der Waals surface area contributed by atoms with E-state index in [9.17, 15) is 0 Å². The maximum atomic E-state index is 6.34. The molecule has 2 heteroatoms. The van der Waals surface area contributed by atoms with Gasteiger partial charge < -0.3 is 8.98 Å². The van der Waals surface area contributed by atoms with Crippen LogP contribution in [0.15, 0.2) is 162 Å². The van der Waals surface area contributed by atoms with E-state index in [-0.39, 0.29) is 5.92 Å². The zero-order valence-electron chi connectivity index (χ0n) is 24.4. The summed E-state index contributed by atoms with van der Waals surface area (Å²) in [6, 6.07) is 57.3. The number of hydrogen-bond donors (Lipinski definition) is 0. The van der Waals surface area contributed by atoms with Gasteiger partial charge in [-0.05, 0) is 81.4 Å². The molecule has 1 aliphatic rings. The van der Waals surface area contributed by atoms with Crippen molar-refractivity contribution in [2.24, 2.45) is 0 Å². The molecule has 0 amide bonds. The van der Waals surface area contributed by atoms with Gasteiger partial charge in [0.1, 0.15) is 11.2 Å². The smallest absolute Gasteiger partial charge is 0.137 e. The molecule has 7 aromatic carbocycles. The highest BCUT2D eigenvalue weighted by Gasteiger charge is 2.30. The first-order valence-corrected chi connectivity index (χ1v) is 15.6. The van der Waals surface area contributed by atoms with Crippen LogP contribution in [-0.2, 0) is 0 Å². The van der Waals surface area contributed by atoms with Crippen molar-refractivity contribution in [3.63, 3.8) is 0 Å². The molecule has 0 spiro atoms. The molecule has 0 N–H and O–H groups in total. The number of benzene rings is 7. The third-order valence-electron chi connectivity index (χ3n) is 9.67. The molecular formula is C43H27NO. The van der Waals surface area contributed by atoms with E-state index in [1.165, 1.54) is 55.2 Å². The van der Waals surface area contributed by atoms with Gasteiger partial charge in [0.15, 0.2) is 0 Å². The van der Waals surface area contributed by atoms with Gasteiger partial charge in [-0.3, -0.25) is 0 Å². The number of para-hydroxylation sites is 2. The summed E-state index contributed by atoms with van der Waals surface area (Å²) in [4.78, 5) is 0. The van der Waals surface area contributed by atoms with Crippen LogP contribution < -0.4 is 0 Å². The minimum absolute atomic E-state index is 0.255. The Kier molecular flexibility index (Phi) is 5.09. The van der Waals surface area contributed by atoms with Crippen molar-refractivity contribution in [2.75, 3.05) is 0 Å². The van der Waals surface area contributed by atoms with Crippen molar-refractivity contribution in [3.8, 4) is 27.9 Å². The van der Waals surface area contributed by atoms with Crippen molar-refractivity contribution in [1.29, 1.82) is 0 Å². The number of hydrogen-bond acceptors (Lipinski definition) is 1. The Balaban J connectivity index is 1.21. The predicted molar refractivity (Wildman–Crippen MR) is 186 cm³/mol. The van der Waals surface area contributed by atoms with Gasteiger partial charge >= 0.3 is 0 Å². The van der Waals surface area contributed by atoms with Crippen LogP contribution in [0.1, 0.15) is 22.6 Å². The van der Waals surface area contributed by atoms with Crippen LogP contribution in [0.3, 0.4) is 0 Å². The summed E-state index contributed by atoms with van der Waals surface area (Å²) in [5.74, 6) is 0.255. The largest absolute Gasteiger partial charge is 0.456 e. The normalized spacial score (nSPS) is 14.0. The third-order valence-corrected chi connectivity index (χ3v) is 9.67. The summed E-state index contributed by atoms with van der Waals surface area (Å²) in [6.07, 6.45) is 0. The molecule has 1 aliphatic carbocycles. The molecular weight excluding hydrogens is 546 g/mol. The first kappa shape index (κ1) is 24.6. The molecule has 1 unspecified atom stereocenters. The fourth-order valence-corrected chi connectivity index (χ4v) is 7.66. The lowest BCUT2D eigenvalue weighted by atomic mass is 9.89. The predicted octanol–water partition coefficient (Wildman–Crippen LogP) is 11.5. The van der Waals surface area contributed by atoms with Gasteiger partial charge in [0.25, 0.3) is 0 Å². The molecule has 0 fully saturated rings. The third kappa shape index (κ3) is 3.57. The number of furan rings is 1. The van der Waals surface area contributed by atoms with E-state index in [1.54, 1.807) is 0 Å². The van der Waals surface area contributed by atoms with E-state index in [4.69, 9.17) is 4.42 Å². The van der Waals surface area contributed by atoms with Crippen LogP contribution in [0, 0.1) is 0 Å². The van der Waals surface area contributed by atoms with Crippen molar-refractivity contribution in [3.05, 3.63) is 174 Å². The summed E-state index contributed by atoms with van der Waals surface area (Å²) in [5.41, 5.74) is 14.5. The van der Waals surface area contributed by atoms with Gasteiger partial charge in [0, 0.05) is 39.2 Å². The van der Waals surface area contributed by atoms with Gasteiger partial charge in [-0.25, -0.2) is 0 Å². The van der Waals surface area contributed by atoms with Crippen molar-refractivity contribution < 1.29 is 4.42 Å². The van der Waals surface area contributed by atoms with Gasteiger partial charge in [-0.1, -0.05) is 109 Å². The van der Waals surface area contributed by atoms with E-state index in [0.29, 0.717) is 0 Å². The van der Waals surface area contributed by atoms with Crippen molar-refractivity contribution in [2.45, 2.75) is 5.92 Å². The zero-order valence-corrected chi connectivity index (χ0v) is 24.4. The molecule has 2 nitrogen and oxygen atoms in total. The summed E-state index contributed by atoms with van der Waals surface area (Å²) in [7, 11) is 0. The van der Waals surface area contributed by atoms with Crippen LogP contribution in [-0.4, -0.2) is 4.57 Å². The first-order chi connectivity index (χ1) is 22.3. The molecule has 0 bridgehead atoms. The summed E-state index contributed by atoms with van der Waals surface area (Å²) < 4.78 is 8.70. The highest BCUT2D eigenvalue weighted by Crippen LogP contribution is 2.49. The monoisotopic (exact) mass is 573 g/mol. The Hall–Kier alpha value is -5.86. The van der Waals surface area contributed by atoms with Gasteiger partial charge in [0.05, 0.1) is 11.0 Å². The van der Waals surface area contributed by atoms with Crippen LogP contribution in [0.5, 0.6) is 0 Å². The topological polar surface area (TPSA) is 18.1 Å². The highest BCUT2D eigenvalue weighted by molar-refractivity contribution is 6.18. The average molecular weight is 574 g/mol. The van der Waals surface area contributed by atoms with E-state index in [0.717, 1.165) is 33.1 Å². The van der Waals surface area contributed by atoms with Crippen LogP contribution in [0.2, 0.25) is 0 Å². The second-order valence-corrected chi connectivity index (χ2v) is 12.1. The maximum absolute atomic E-state index is 6.34. The van der Waals surface area contributed by atoms with E-state index in [1.807, 2.05) is 6.07 Å². The van der Waals surface area contributed by atoms with Gasteiger partial charge in [-0.15, -0.1) is 0 Å². The zero-order chi connectivity index (χ0) is 29.5. The molecule has 0 saturated heterocycles. The van der Waals surface area contributed by atoms with Crippen molar-refractivity contribution in [1.82, 2.24) is 4.57 Å². The maximum Gasteiger partial charge on any atom is 0.137 e. The Bertz CT molecular complexity index is 2590. The fourth-order valence-electron chi connectivity index (χ4n) is 7.66. The standard InChI is InChI=1S/C43H27NO/c1-3-11-27(12-4-1)43-33-17-8-7-15-31(33)35-23-28(19-21-34(35)43)29-20-22-39-36(24-29)37-25-38-32-16-9-10-18-41(32)45-42(38)26-40(37)44(39)30-13-5-2-6-14-30/h1-26,43H. The summed E-state index contributed by atoms with van der Waals surface area (Å²) >= 11 is 0. The molecule has 210 valence electrons. The van der Waals surface area contributed by atoms with E-state index < -0.39 is 0 Å². The number of rotatable bonds is 3. The highest BCUT2D eigenvalue weighted by atomic mass is 16.3. The molecule has 0 aliphatic heterocycles. The Morgan fingerprint density at radius 2 is 1.11 bits per heavy atom. The minimum atomic E-state index is 0.255. The molecule has 0 saturated carbocycles. The van der Waals surface area contributed by atoms with Crippen molar-refractivity contribution >= 4 is 43.7 Å². The molecule has 2 aromatic heterocycles. The quantitative estimate of drug-likeness (QED) is 0.206. The minimum Gasteiger partial charge on any atom is -0.456 e. The fraction of sp³-hybridized carbons (Fsp3) is 0.0233. The molecule has 45 heavy (non-hydrogen) atoms. The lowest BCUT2D eigenvalue weighted by Gasteiger charge is -2.14. The molecule has 0 radical (unpaired) electrons. The van der Waals surface area contributed by atoms with Crippen LogP contribution >= 0.6 is 0 Å². The molecule has 2 heterocycles. The molecule has 10 rings (SSSR count). The first-order valence-electron chi connectivity index (χ1n) is 15.6. The summed E-state index contributed by atoms with van der Waals surface area (Å²) in [6.45, 7) is 0. The van der Waals surface area contributed by atoms with Crippen LogP contribution in [0.25, 0.3) is 71.7 Å². The number of aromatic nitrogens is 1. The van der Waals surface area contributed by atoms with E-state index in [2.05, 4.69) is 156 Å². The lowest BCUT2D eigenvalue weighted by molar-refractivity contribution is 0.669. The second-order valence-electron chi connectivity index (χ2n) is 12.1. The van der Waals surface area contributed by atoms with E-state index >= 15 is 0 Å². The second kappa shape index (κ2) is 9.32. The average Bonchev–Trinajstić information content (AvgIpc) is 3.74.